The van der Waals surface area contributed by atoms with Gasteiger partial charge in [0.1, 0.15) is 0 Å². The molecule has 7 heteroatoms. The number of halogens is 1. The van der Waals surface area contributed by atoms with E-state index in [-0.39, 0.29) is 12.5 Å². The molecule has 2 rings (SSSR count). The average Bonchev–Trinajstić information content (AvgIpc) is 2.40. The average molecular weight is 313 g/mol. The number of benzene rings is 1. The molecule has 0 saturated carbocycles. The number of carboxylic acids is 1. The van der Waals surface area contributed by atoms with Crippen molar-refractivity contribution in [2.24, 2.45) is 5.73 Å². The number of ether oxygens (including phenoxy) is 1. The van der Waals surface area contributed by atoms with Gasteiger partial charge in [-0.3, -0.25) is 14.5 Å². The number of primary amides is 1. The van der Waals surface area contributed by atoms with E-state index in [1.54, 1.807) is 18.2 Å². The van der Waals surface area contributed by atoms with Crippen LogP contribution < -0.4 is 5.73 Å². The van der Waals surface area contributed by atoms with Crippen LogP contribution in [-0.2, 0) is 16.1 Å². The number of carboxylic acid groups (broad SMARTS) is 1. The summed E-state index contributed by atoms with van der Waals surface area (Å²) < 4.78 is 5.42. The lowest BCUT2D eigenvalue weighted by molar-refractivity contribution is -0.142. The zero-order valence-electron chi connectivity index (χ0n) is 11.4. The van der Waals surface area contributed by atoms with Gasteiger partial charge >= 0.3 is 5.97 Å². The van der Waals surface area contributed by atoms with Gasteiger partial charge in [0, 0.05) is 30.2 Å². The molecule has 1 amide bonds. The fourth-order valence-corrected chi connectivity index (χ4v) is 2.55. The zero-order valence-corrected chi connectivity index (χ0v) is 12.2. The Balaban J connectivity index is 2.01. The van der Waals surface area contributed by atoms with Crippen LogP contribution in [0.5, 0.6) is 0 Å². The monoisotopic (exact) mass is 312 g/mol. The molecule has 1 aliphatic heterocycles. The first-order valence-corrected chi connectivity index (χ1v) is 6.97. The molecule has 0 aliphatic carbocycles. The van der Waals surface area contributed by atoms with Gasteiger partial charge in [-0.25, -0.2) is 0 Å². The number of carbonyl (C=O) groups excluding carboxylic acids is 1. The normalized spacial score (nSPS) is 19.4. The Morgan fingerprint density at radius 3 is 2.86 bits per heavy atom. The van der Waals surface area contributed by atoms with E-state index in [4.69, 9.17) is 27.2 Å². The van der Waals surface area contributed by atoms with Crippen molar-refractivity contribution in [3.05, 3.63) is 34.3 Å². The molecule has 1 aromatic rings. The molecule has 1 fully saturated rings. The van der Waals surface area contributed by atoms with Gasteiger partial charge in [-0.2, -0.15) is 0 Å². The van der Waals surface area contributed by atoms with Gasteiger partial charge < -0.3 is 15.6 Å². The first kappa shape index (κ1) is 15.8. The minimum Gasteiger partial charge on any atom is -0.481 e. The van der Waals surface area contributed by atoms with Crippen LogP contribution in [0.25, 0.3) is 0 Å². The molecule has 1 unspecified atom stereocenters. The topological polar surface area (TPSA) is 92.9 Å². The first-order valence-electron chi connectivity index (χ1n) is 6.59. The Kier molecular flexibility index (Phi) is 5.17. The Bertz CT molecular complexity index is 550. The smallest absolute Gasteiger partial charge is 0.306 e. The molecule has 0 bridgehead atoms. The molecule has 3 N–H and O–H groups in total. The van der Waals surface area contributed by atoms with Crippen LogP contribution in [0.3, 0.4) is 0 Å². The minimum absolute atomic E-state index is 0.00908. The van der Waals surface area contributed by atoms with Gasteiger partial charge in [0.25, 0.3) is 0 Å². The van der Waals surface area contributed by atoms with Gasteiger partial charge in [0.15, 0.2) is 0 Å². The van der Waals surface area contributed by atoms with E-state index in [2.05, 4.69) is 4.90 Å². The predicted octanol–water partition coefficient (Wildman–Crippen LogP) is 1.11. The Labute approximate surface area is 127 Å². The second-order valence-corrected chi connectivity index (χ2v) is 5.40. The minimum atomic E-state index is -0.870. The highest BCUT2D eigenvalue weighted by Gasteiger charge is 2.23. The molecule has 6 nitrogen and oxygen atoms in total. The van der Waals surface area contributed by atoms with Crippen LogP contribution in [0, 0.1) is 0 Å². The van der Waals surface area contributed by atoms with E-state index >= 15 is 0 Å². The lowest BCUT2D eigenvalue weighted by atomic mass is 10.1. The fourth-order valence-electron chi connectivity index (χ4n) is 2.31. The molecular formula is C14H17ClN2O4. The number of rotatable bonds is 5. The SMILES string of the molecule is NC(=O)c1ccc(CN2CCOC(CC(=O)O)C2)c(Cl)c1. The third kappa shape index (κ3) is 4.42. The van der Waals surface area contributed by atoms with Crippen LogP contribution >= 0.6 is 11.6 Å². The summed E-state index contributed by atoms with van der Waals surface area (Å²) in [6, 6.07) is 4.96. The first-order chi connectivity index (χ1) is 9.95. The van der Waals surface area contributed by atoms with Gasteiger partial charge in [-0.15, -0.1) is 0 Å². The number of amides is 1. The number of nitrogens with zero attached hydrogens (tertiary/aromatic N) is 1. The number of nitrogens with two attached hydrogens (primary N) is 1. The molecule has 1 atom stereocenters. The van der Waals surface area contributed by atoms with E-state index in [0.29, 0.717) is 36.8 Å². The van der Waals surface area contributed by atoms with Gasteiger partial charge in [-0.05, 0) is 17.7 Å². The lowest BCUT2D eigenvalue weighted by Crippen LogP contribution is -2.42. The van der Waals surface area contributed by atoms with Crippen molar-refractivity contribution in [1.82, 2.24) is 4.90 Å². The molecule has 1 aliphatic rings. The highest BCUT2D eigenvalue weighted by atomic mass is 35.5. The number of hydrogen-bond acceptors (Lipinski definition) is 4. The Morgan fingerprint density at radius 2 is 2.24 bits per heavy atom. The lowest BCUT2D eigenvalue weighted by Gasteiger charge is -2.32. The number of morpholine rings is 1. The zero-order chi connectivity index (χ0) is 15.4. The van der Waals surface area contributed by atoms with Crippen molar-refractivity contribution >= 4 is 23.5 Å². The van der Waals surface area contributed by atoms with Crippen LogP contribution in [0.4, 0.5) is 0 Å². The van der Waals surface area contributed by atoms with Crippen molar-refractivity contribution in [2.75, 3.05) is 19.7 Å². The summed E-state index contributed by atoms with van der Waals surface area (Å²) in [6.07, 6.45) is -0.315. The molecular weight excluding hydrogens is 296 g/mol. The molecule has 0 radical (unpaired) electrons. The molecule has 1 aromatic carbocycles. The summed E-state index contributed by atoms with van der Waals surface area (Å²) in [6.45, 7) is 2.33. The van der Waals surface area contributed by atoms with Crippen LogP contribution in [0.15, 0.2) is 18.2 Å². The molecule has 0 aromatic heterocycles. The summed E-state index contributed by atoms with van der Waals surface area (Å²) in [5.74, 6) is -1.39. The van der Waals surface area contributed by atoms with E-state index in [1.807, 2.05) is 0 Å². The van der Waals surface area contributed by atoms with Crippen molar-refractivity contribution < 1.29 is 19.4 Å². The van der Waals surface area contributed by atoms with Crippen molar-refractivity contribution in [3.8, 4) is 0 Å². The largest absolute Gasteiger partial charge is 0.481 e. The van der Waals surface area contributed by atoms with Crippen LogP contribution in [0.1, 0.15) is 22.3 Å². The Hall–Kier alpha value is -1.63. The molecule has 1 saturated heterocycles. The standard InChI is InChI=1S/C14H17ClN2O4/c15-12-5-9(14(16)20)1-2-10(12)7-17-3-4-21-11(8-17)6-13(18)19/h1-2,5,11H,3-4,6-8H2,(H2,16,20)(H,18,19). The van der Waals surface area contributed by atoms with Gasteiger partial charge in [-0.1, -0.05) is 17.7 Å². The van der Waals surface area contributed by atoms with Crippen LogP contribution in [-0.4, -0.2) is 47.7 Å². The number of aliphatic carboxylic acids is 1. The molecule has 1 heterocycles. The number of carbonyl (C=O) groups is 2. The third-order valence-electron chi connectivity index (χ3n) is 3.36. The summed E-state index contributed by atoms with van der Waals surface area (Å²) in [5, 5.41) is 9.28. The van der Waals surface area contributed by atoms with E-state index in [1.165, 1.54) is 0 Å². The molecule has 0 spiro atoms. The van der Waals surface area contributed by atoms with Crippen molar-refractivity contribution in [1.29, 1.82) is 0 Å². The molecule has 21 heavy (non-hydrogen) atoms. The van der Waals surface area contributed by atoms with Gasteiger partial charge in [0.05, 0.1) is 19.1 Å². The highest BCUT2D eigenvalue weighted by molar-refractivity contribution is 6.31. The summed E-state index contributed by atoms with van der Waals surface area (Å²) in [4.78, 5) is 23.9. The van der Waals surface area contributed by atoms with E-state index in [0.717, 1.165) is 5.56 Å². The van der Waals surface area contributed by atoms with E-state index < -0.39 is 11.9 Å². The highest BCUT2D eigenvalue weighted by Crippen LogP contribution is 2.21. The summed E-state index contributed by atoms with van der Waals surface area (Å²) >= 11 is 6.15. The van der Waals surface area contributed by atoms with Crippen LogP contribution in [0.2, 0.25) is 5.02 Å². The van der Waals surface area contributed by atoms with Gasteiger partial charge in [0.2, 0.25) is 5.91 Å². The number of hydrogen-bond donors (Lipinski definition) is 2. The molecule has 114 valence electrons. The fraction of sp³-hybridized carbons (Fsp3) is 0.429. The second kappa shape index (κ2) is 6.89. The third-order valence-corrected chi connectivity index (χ3v) is 3.71. The predicted molar refractivity (Wildman–Crippen MR) is 77.2 cm³/mol. The van der Waals surface area contributed by atoms with Crippen molar-refractivity contribution in [3.63, 3.8) is 0 Å². The van der Waals surface area contributed by atoms with E-state index in [9.17, 15) is 9.59 Å². The maximum atomic E-state index is 11.1. The Morgan fingerprint density at radius 1 is 1.48 bits per heavy atom. The maximum Gasteiger partial charge on any atom is 0.306 e. The maximum absolute atomic E-state index is 11.1. The second-order valence-electron chi connectivity index (χ2n) is 5.00. The summed E-state index contributed by atoms with van der Waals surface area (Å²) in [7, 11) is 0. The summed E-state index contributed by atoms with van der Waals surface area (Å²) in [5.41, 5.74) is 6.44. The quantitative estimate of drug-likeness (QED) is 0.849. The van der Waals surface area contributed by atoms with Crippen molar-refractivity contribution in [2.45, 2.75) is 19.1 Å².